The number of rotatable bonds is 6. The maximum atomic E-state index is 12.3. The topological polar surface area (TPSA) is 78.9 Å². The minimum Gasteiger partial charge on any atom is -0.463 e. The van der Waals surface area contributed by atoms with Crippen LogP contribution in [-0.4, -0.2) is 35.7 Å². The molecule has 0 aliphatic rings. The van der Waals surface area contributed by atoms with Gasteiger partial charge in [-0.15, -0.1) is 0 Å². The van der Waals surface area contributed by atoms with Gasteiger partial charge in [0.25, 0.3) is 0 Å². The molecule has 0 bridgehead atoms. The normalized spacial score (nSPS) is 11.8. The molecule has 0 aromatic heterocycles. The summed E-state index contributed by atoms with van der Waals surface area (Å²) in [6.45, 7) is 15.6. The first-order valence-electron chi connectivity index (χ1n) is 7.57. The summed E-state index contributed by atoms with van der Waals surface area (Å²) in [5, 5.41) is 0. The number of ether oxygens (including phenoxy) is 3. The van der Waals surface area contributed by atoms with E-state index in [1.165, 1.54) is 0 Å². The van der Waals surface area contributed by atoms with Crippen LogP contribution in [0.1, 0.15) is 54.9 Å². The van der Waals surface area contributed by atoms with Gasteiger partial charge in [0.15, 0.2) is 5.92 Å². The summed E-state index contributed by atoms with van der Waals surface area (Å²) < 4.78 is 15.3. The van der Waals surface area contributed by atoms with E-state index in [-0.39, 0.29) is 18.6 Å². The number of hydrogen-bond donors (Lipinski definition) is 0. The molecule has 0 aromatic carbocycles. The fourth-order valence-electron chi connectivity index (χ4n) is 1.57. The molecule has 6 nitrogen and oxygen atoms in total. The molecule has 0 aromatic rings. The summed E-state index contributed by atoms with van der Waals surface area (Å²) >= 11 is 0. The number of hydrogen-bond acceptors (Lipinski definition) is 6. The van der Waals surface area contributed by atoms with Crippen LogP contribution in [0.5, 0.6) is 0 Å². The molecule has 0 fully saturated rings. The fraction of sp³-hybridized carbons (Fsp3) is 0.706. The smallest absolute Gasteiger partial charge is 0.333 e. The lowest BCUT2D eigenvalue weighted by Crippen LogP contribution is -2.37. The van der Waals surface area contributed by atoms with Crippen molar-refractivity contribution < 1.29 is 28.6 Å². The zero-order chi connectivity index (χ0) is 18.4. The van der Waals surface area contributed by atoms with E-state index >= 15 is 0 Å². The zero-order valence-electron chi connectivity index (χ0n) is 15.1. The van der Waals surface area contributed by atoms with Crippen molar-refractivity contribution in [3.8, 4) is 0 Å². The van der Waals surface area contributed by atoms with E-state index in [0.717, 1.165) is 0 Å². The summed E-state index contributed by atoms with van der Waals surface area (Å²) in [6.07, 6.45) is -0.206. The van der Waals surface area contributed by atoms with Crippen LogP contribution in [0.25, 0.3) is 0 Å². The zero-order valence-corrected chi connectivity index (χ0v) is 15.1. The average molecular weight is 328 g/mol. The summed E-state index contributed by atoms with van der Waals surface area (Å²) in [7, 11) is 0. The Balaban J connectivity index is 5.22. The van der Waals surface area contributed by atoms with E-state index in [9.17, 15) is 14.4 Å². The van der Waals surface area contributed by atoms with Crippen LogP contribution in [0.2, 0.25) is 0 Å². The summed E-state index contributed by atoms with van der Waals surface area (Å²) in [4.78, 5) is 36.2. The highest BCUT2D eigenvalue weighted by molar-refractivity contribution is 5.98. The molecule has 0 aliphatic carbocycles. The largest absolute Gasteiger partial charge is 0.463 e. The maximum Gasteiger partial charge on any atom is 0.333 e. The molecule has 0 atom stereocenters. The van der Waals surface area contributed by atoms with Crippen molar-refractivity contribution in [2.75, 3.05) is 6.61 Å². The van der Waals surface area contributed by atoms with Gasteiger partial charge in [0.2, 0.25) is 0 Å². The minimum atomic E-state index is -1.26. The highest BCUT2D eigenvalue weighted by atomic mass is 16.6. The fourth-order valence-corrected chi connectivity index (χ4v) is 1.57. The Bertz CT molecular complexity index is 436. The highest BCUT2D eigenvalue weighted by Crippen LogP contribution is 2.21. The average Bonchev–Trinajstić information content (AvgIpc) is 2.31. The van der Waals surface area contributed by atoms with Gasteiger partial charge in [0, 0.05) is 12.0 Å². The predicted octanol–water partition coefficient (Wildman–Crippen LogP) is 2.80. The summed E-state index contributed by atoms with van der Waals surface area (Å²) in [6, 6.07) is 0. The lowest BCUT2D eigenvalue weighted by molar-refractivity contribution is -0.174. The molecular formula is C17H28O6. The first-order chi connectivity index (χ1) is 10.3. The Labute approximate surface area is 138 Å². The van der Waals surface area contributed by atoms with Gasteiger partial charge in [-0.3, -0.25) is 9.59 Å². The van der Waals surface area contributed by atoms with Crippen LogP contribution in [-0.2, 0) is 28.6 Å². The van der Waals surface area contributed by atoms with Crippen molar-refractivity contribution in [2.24, 2.45) is 5.92 Å². The number of carbonyl (C=O) groups is 3. The van der Waals surface area contributed by atoms with Gasteiger partial charge < -0.3 is 14.2 Å². The van der Waals surface area contributed by atoms with E-state index in [1.54, 1.807) is 48.5 Å². The number of esters is 3. The van der Waals surface area contributed by atoms with Crippen molar-refractivity contribution in [1.29, 1.82) is 0 Å². The van der Waals surface area contributed by atoms with Crippen molar-refractivity contribution in [2.45, 2.75) is 66.1 Å². The molecule has 0 aliphatic heterocycles. The van der Waals surface area contributed by atoms with Crippen molar-refractivity contribution in [1.82, 2.24) is 0 Å². The molecule has 23 heavy (non-hydrogen) atoms. The van der Waals surface area contributed by atoms with Crippen LogP contribution in [0.15, 0.2) is 12.2 Å². The van der Waals surface area contributed by atoms with Crippen LogP contribution in [0.4, 0.5) is 0 Å². The molecule has 0 N–H and O–H groups in total. The first kappa shape index (κ1) is 21.1. The van der Waals surface area contributed by atoms with E-state index in [0.29, 0.717) is 0 Å². The molecule has 0 saturated heterocycles. The molecule has 0 saturated carbocycles. The highest BCUT2D eigenvalue weighted by Gasteiger charge is 2.36. The Kier molecular flexibility index (Phi) is 7.48. The van der Waals surface area contributed by atoms with E-state index in [2.05, 4.69) is 6.58 Å². The second-order valence-corrected chi connectivity index (χ2v) is 7.15. The lowest BCUT2D eigenvalue weighted by Gasteiger charge is -2.26. The van der Waals surface area contributed by atoms with E-state index < -0.39 is 35.0 Å². The molecule has 0 heterocycles. The predicted molar refractivity (Wildman–Crippen MR) is 85.6 cm³/mol. The molecule has 6 heteroatoms. The third kappa shape index (κ3) is 9.01. The van der Waals surface area contributed by atoms with Crippen molar-refractivity contribution in [3.63, 3.8) is 0 Å². The van der Waals surface area contributed by atoms with Crippen LogP contribution >= 0.6 is 0 Å². The quantitative estimate of drug-likeness (QED) is 0.323. The van der Waals surface area contributed by atoms with E-state index in [1.807, 2.05) is 0 Å². The van der Waals surface area contributed by atoms with Gasteiger partial charge in [-0.25, -0.2) is 4.79 Å². The third-order valence-electron chi connectivity index (χ3n) is 2.40. The van der Waals surface area contributed by atoms with Gasteiger partial charge in [-0.1, -0.05) is 6.58 Å². The van der Waals surface area contributed by atoms with Gasteiger partial charge in [0.1, 0.15) is 11.2 Å². The van der Waals surface area contributed by atoms with Gasteiger partial charge in [-0.05, 0) is 48.5 Å². The Morgan fingerprint density at radius 2 is 1.30 bits per heavy atom. The maximum absolute atomic E-state index is 12.3. The first-order valence-corrected chi connectivity index (χ1v) is 7.57. The molecule has 0 spiro atoms. The van der Waals surface area contributed by atoms with Gasteiger partial charge in [0.05, 0.1) is 6.61 Å². The minimum absolute atomic E-state index is 0.0218. The number of carbonyl (C=O) groups excluding carboxylic acids is 3. The molecule has 0 amide bonds. The monoisotopic (exact) mass is 328 g/mol. The summed E-state index contributed by atoms with van der Waals surface area (Å²) in [5.74, 6) is -3.41. The standard InChI is InChI=1S/C17H28O6/c1-9-21-13(18)11(2)10-12(14(19)22-16(3,4)5)15(20)23-17(6,7)8/h12H,2,9-10H2,1,3-8H3. The molecule has 0 rings (SSSR count). The Hall–Kier alpha value is -1.85. The molecule has 132 valence electrons. The Morgan fingerprint density at radius 3 is 1.61 bits per heavy atom. The summed E-state index contributed by atoms with van der Waals surface area (Å²) in [5.41, 5.74) is -1.50. The van der Waals surface area contributed by atoms with Gasteiger partial charge >= 0.3 is 17.9 Å². The second-order valence-electron chi connectivity index (χ2n) is 7.15. The van der Waals surface area contributed by atoms with Crippen LogP contribution in [0, 0.1) is 5.92 Å². The lowest BCUT2D eigenvalue weighted by atomic mass is 9.99. The molecule has 0 radical (unpaired) electrons. The molecular weight excluding hydrogens is 300 g/mol. The van der Waals surface area contributed by atoms with Crippen LogP contribution < -0.4 is 0 Å². The second kappa shape index (κ2) is 8.13. The van der Waals surface area contributed by atoms with Crippen molar-refractivity contribution >= 4 is 17.9 Å². The van der Waals surface area contributed by atoms with Crippen LogP contribution in [0.3, 0.4) is 0 Å². The molecule has 0 unspecified atom stereocenters. The third-order valence-corrected chi connectivity index (χ3v) is 2.40. The SMILES string of the molecule is C=C(CC(C(=O)OC(C)(C)C)C(=O)OC(C)(C)C)C(=O)OCC. The van der Waals surface area contributed by atoms with Gasteiger partial charge in [-0.2, -0.15) is 0 Å². The van der Waals surface area contributed by atoms with E-state index in [4.69, 9.17) is 14.2 Å². The Morgan fingerprint density at radius 1 is 0.913 bits per heavy atom. The van der Waals surface area contributed by atoms with Crippen molar-refractivity contribution in [3.05, 3.63) is 12.2 Å².